The van der Waals surface area contributed by atoms with Gasteiger partial charge in [0.05, 0.1) is 0 Å². The van der Waals surface area contributed by atoms with Gasteiger partial charge in [0.25, 0.3) is 0 Å². The van der Waals surface area contributed by atoms with Crippen molar-refractivity contribution in [1.82, 2.24) is 0 Å². The van der Waals surface area contributed by atoms with Gasteiger partial charge in [-0.2, -0.15) is 0 Å². The molecule has 2 heteroatoms. The lowest BCUT2D eigenvalue weighted by atomic mass is 10.0. The van der Waals surface area contributed by atoms with Crippen LogP contribution in [0.2, 0.25) is 0 Å². The lowest BCUT2D eigenvalue weighted by Gasteiger charge is -2.04. The van der Waals surface area contributed by atoms with Gasteiger partial charge >= 0.3 is 0 Å². The summed E-state index contributed by atoms with van der Waals surface area (Å²) in [6.45, 7) is 2.26. The monoisotopic (exact) mass is 283 g/mol. The molecule has 1 rings (SSSR count). The van der Waals surface area contributed by atoms with Crippen molar-refractivity contribution in [2.75, 3.05) is 5.73 Å². The average molecular weight is 284 g/mol. The highest BCUT2D eigenvalue weighted by atomic mass is 79.9. The highest BCUT2D eigenvalue weighted by molar-refractivity contribution is 9.10. The molecule has 0 aromatic heterocycles. The molecule has 0 aliphatic carbocycles. The zero-order chi connectivity index (χ0) is 11.8. The second-order valence-corrected chi connectivity index (χ2v) is 5.23. The molecular weight excluding hydrogens is 262 g/mol. The molecule has 2 N–H and O–H groups in total. The van der Waals surface area contributed by atoms with E-state index in [9.17, 15) is 0 Å². The molecule has 0 aliphatic heterocycles. The maximum atomic E-state index is 5.75. The van der Waals surface area contributed by atoms with Gasteiger partial charge in [0.1, 0.15) is 0 Å². The minimum atomic E-state index is 0.826. The Hall–Kier alpha value is -0.500. The van der Waals surface area contributed by atoms with Gasteiger partial charge in [-0.15, -0.1) is 0 Å². The molecule has 0 fully saturated rings. The van der Waals surface area contributed by atoms with Crippen molar-refractivity contribution >= 4 is 21.6 Å². The van der Waals surface area contributed by atoms with Crippen molar-refractivity contribution in [2.45, 2.75) is 51.9 Å². The van der Waals surface area contributed by atoms with Crippen LogP contribution in [-0.4, -0.2) is 0 Å². The number of hydrogen-bond acceptors (Lipinski definition) is 1. The number of rotatable bonds is 7. The second kappa shape index (κ2) is 7.72. The summed E-state index contributed by atoms with van der Waals surface area (Å²) in [5, 5.41) is 0. The molecule has 0 unspecified atom stereocenters. The summed E-state index contributed by atoms with van der Waals surface area (Å²) in [5.41, 5.74) is 7.96. The molecule has 0 saturated heterocycles. The molecule has 0 bridgehead atoms. The van der Waals surface area contributed by atoms with Gasteiger partial charge in [-0.1, -0.05) is 45.1 Å². The molecule has 0 saturated carbocycles. The predicted octanol–water partition coefficient (Wildman–Crippen LogP) is 4.93. The Morgan fingerprint density at radius 3 is 2.44 bits per heavy atom. The zero-order valence-electron chi connectivity index (χ0n) is 10.1. The second-order valence-electron chi connectivity index (χ2n) is 4.37. The van der Waals surface area contributed by atoms with Gasteiger partial charge in [0.2, 0.25) is 0 Å². The maximum absolute atomic E-state index is 5.75. The number of hydrogen-bond donors (Lipinski definition) is 1. The molecule has 0 spiro atoms. The Bertz CT molecular complexity index is 310. The van der Waals surface area contributed by atoms with E-state index in [2.05, 4.69) is 35.0 Å². The van der Waals surface area contributed by atoms with E-state index in [1.54, 1.807) is 0 Å². The van der Waals surface area contributed by atoms with Crippen LogP contribution in [0.5, 0.6) is 0 Å². The molecule has 0 aliphatic rings. The van der Waals surface area contributed by atoms with Crippen LogP contribution in [-0.2, 0) is 6.42 Å². The minimum Gasteiger partial charge on any atom is -0.398 e. The van der Waals surface area contributed by atoms with E-state index in [4.69, 9.17) is 5.73 Å². The number of halogens is 1. The van der Waals surface area contributed by atoms with Gasteiger partial charge < -0.3 is 5.73 Å². The Morgan fingerprint density at radius 2 is 1.75 bits per heavy atom. The quantitative estimate of drug-likeness (QED) is 0.557. The van der Waals surface area contributed by atoms with Crippen LogP contribution >= 0.6 is 15.9 Å². The van der Waals surface area contributed by atoms with E-state index < -0.39 is 0 Å². The number of unbranched alkanes of at least 4 members (excludes halogenated alkanes) is 5. The Morgan fingerprint density at radius 1 is 1.06 bits per heavy atom. The van der Waals surface area contributed by atoms with Crippen LogP contribution in [0.1, 0.15) is 51.0 Å². The first-order valence-electron chi connectivity index (χ1n) is 6.28. The number of aryl methyl sites for hydroxylation is 1. The SMILES string of the molecule is CCCCCCCCc1ccc(N)c(Br)c1. The summed E-state index contributed by atoms with van der Waals surface area (Å²) in [7, 11) is 0. The van der Waals surface area contributed by atoms with Gasteiger partial charge in [-0.05, 0) is 46.5 Å². The van der Waals surface area contributed by atoms with Crippen LogP contribution in [0, 0.1) is 0 Å². The van der Waals surface area contributed by atoms with Gasteiger partial charge in [-0.25, -0.2) is 0 Å². The molecule has 16 heavy (non-hydrogen) atoms. The summed E-state index contributed by atoms with van der Waals surface area (Å²) in [6, 6.07) is 6.25. The van der Waals surface area contributed by atoms with Crippen LogP contribution in [0.4, 0.5) is 5.69 Å². The van der Waals surface area contributed by atoms with Crippen LogP contribution < -0.4 is 5.73 Å². The van der Waals surface area contributed by atoms with Gasteiger partial charge in [0, 0.05) is 10.2 Å². The van der Waals surface area contributed by atoms with E-state index in [1.807, 2.05) is 6.07 Å². The van der Waals surface area contributed by atoms with E-state index in [-0.39, 0.29) is 0 Å². The Balaban J connectivity index is 2.19. The smallest absolute Gasteiger partial charge is 0.0458 e. The molecular formula is C14H22BrN. The fraction of sp³-hybridized carbons (Fsp3) is 0.571. The summed E-state index contributed by atoms with van der Waals surface area (Å²) in [5.74, 6) is 0. The summed E-state index contributed by atoms with van der Waals surface area (Å²) in [6.07, 6.45) is 9.29. The molecule has 1 nitrogen and oxygen atoms in total. The topological polar surface area (TPSA) is 26.0 Å². The summed E-state index contributed by atoms with van der Waals surface area (Å²) >= 11 is 3.46. The van der Waals surface area contributed by atoms with Gasteiger partial charge in [0.15, 0.2) is 0 Å². The van der Waals surface area contributed by atoms with Crippen molar-refractivity contribution in [3.8, 4) is 0 Å². The summed E-state index contributed by atoms with van der Waals surface area (Å²) in [4.78, 5) is 0. The molecule has 1 aromatic rings. The molecule has 90 valence electrons. The number of nitrogen functional groups attached to an aromatic ring is 1. The molecule has 1 aromatic carbocycles. The number of anilines is 1. The third-order valence-electron chi connectivity index (χ3n) is 2.88. The van der Waals surface area contributed by atoms with Crippen LogP contribution in [0.3, 0.4) is 0 Å². The highest BCUT2D eigenvalue weighted by Gasteiger charge is 1.98. The number of benzene rings is 1. The van der Waals surface area contributed by atoms with Crippen molar-refractivity contribution in [2.24, 2.45) is 0 Å². The van der Waals surface area contributed by atoms with Crippen molar-refractivity contribution in [3.63, 3.8) is 0 Å². The van der Waals surface area contributed by atoms with E-state index >= 15 is 0 Å². The molecule has 0 amide bonds. The lowest BCUT2D eigenvalue weighted by molar-refractivity contribution is 0.607. The first kappa shape index (κ1) is 13.6. The Labute approximate surface area is 108 Å². The highest BCUT2D eigenvalue weighted by Crippen LogP contribution is 2.21. The molecule has 0 radical (unpaired) electrons. The normalized spacial score (nSPS) is 10.6. The largest absolute Gasteiger partial charge is 0.398 e. The van der Waals surface area contributed by atoms with Crippen molar-refractivity contribution in [3.05, 3.63) is 28.2 Å². The van der Waals surface area contributed by atoms with E-state index in [0.29, 0.717) is 0 Å². The van der Waals surface area contributed by atoms with Crippen LogP contribution in [0.25, 0.3) is 0 Å². The van der Waals surface area contributed by atoms with Crippen molar-refractivity contribution in [1.29, 1.82) is 0 Å². The van der Waals surface area contributed by atoms with E-state index in [1.165, 1.54) is 50.5 Å². The molecule has 0 atom stereocenters. The third kappa shape index (κ3) is 5.02. The van der Waals surface area contributed by atoms with Crippen molar-refractivity contribution < 1.29 is 0 Å². The first-order chi connectivity index (χ1) is 7.74. The zero-order valence-corrected chi connectivity index (χ0v) is 11.7. The number of nitrogens with two attached hydrogens (primary N) is 1. The average Bonchev–Trinajstić information content (AvgIpc) is 2.28. The standard InChI is InChI=1S/C14H22BrN/c1-2-3-4-5-6-7-8-12-9-10-14(16)13(15)11-12/h9-11H,2-8,16H2,1H3. The maximum Gasteiger partial charge on any atom is 0.0458 e. The predicted molar refractivity (Wildman–Crippen MR) is 75.6 cm³/mol. The third-order valence-corrected chi connectivity index (χ3v) is 3.57. The first-order valence-corrected chi connectivity index (χ1v) is 7.07. The Kier molecular flexibility index (Phi) is 6.55. The van der Waals surface area contributed by atoms with Crippen LogP contribution in [0.15, 0.2) is 22.7 Å². The minimum absolute atomic E-state index is 0.826. The fourth-order valence-electron chi connectivity index (χ4n) is 1.84. The fourth-order valence-corrected chi connectivity index (χ4v) is 2.26. The summed E-state index contributed by atoms with van der Waals surface area (Å²) < 4.78 is 1.02. The van der Waals surface area contributed by atoms with Gasteiger partial charge in [-0.3, -0.25) is 0 Å². The molecule has 0 heterocycles. The lowest BCUT2D eigenvalue weighted by Crippen LogP contribution is -1.90. The van der Waals surface area contributed by atoms with E-state index in [0.717, 1.165) is 10.2 Å².